The van der Waals surface area contributed by atoms with Gasteiger partial charge >= 0.3 is 6.09 Å². The molecule has 0 radical (unpaired) electrons. The van der Waals surface area contributed by atoms with Gasteiger partial charge in [-0.3, -0.25) is 0 Å². The molecule has 0 fully saturated rings. The maximum absolute atomic E-state index is 11.8. The summed E-state index contributed by atoms with van der Waals surface area (Å²) in [5, 5.41) is 17.2. The number of carbonyl (C=O) groups excluding carboxylic acids is 1. The van der Waals surface area contributed by atoms with Gasteiger partial charge in [-0.05, 0) is 45.0 Å². The van der Waals surface area contributed by atoms with Crippen molar-refractivity contribution in [3.8, 4) is 17.0 Å². The van der Waals surface area contributed by atoms with E-state index in [0.29, 0.717) is 24.3 Å². The number of ether oxygens (including phenoxy) is 1. The fourth-order valence-electron chi connectivity index (χ4n) is 2.83. The summed E-state index contributed by atoms with van der Waals surface area (Å²) in [4.78, 5) is 16.4. The van der Waals surface area contributed by atoms with Crippen LogP contribution in [0.4, 0.5) is 10.5 Å². The van der Waals surface area contributed by atoms with E-state index in [9.17, 15) is 9.90 Å². The Kier molecular flexibility index (Phi) is 8.04. The summed E-state index contributed by atoms with van der Waals surface area (Å²) in [6.45, 7) is 10.4. The number of alkyl carbamates (subject to hydrolysis) is 1. The third kappa shape index (κ3) is 6.37. The van der Waals surface area contributed by atoms with Crippen LogP contribution in [0.3, 0.4) is 0 Å². The summed E-state index contributed by atoms with van der Waals surface area (Å²) in [5.74, 6) is 0.183. The molecule has 0 spiro atoms. The number of phenols is 1. The average Bonchev–Trinajstić information content (AvgIpc) is 2.71. The molecule has 0 unspecified atom stereocenters. The summed E-state index contributed by atoms with van der Waals surface area (Å²) in [5.41, 5.74) is 2.54. The Balaban J connectivity index is 0.00000155. The fraction of sp³-hybridized carbons (Fsp3) is 0.333. The Morgan fingerprint density at radius 3 is 2.40 bits per heavy atom. The largest absolute Gasteiger partial charge is 0.507 e. The van der Waals surface area contributed by atoms with Crippen LogP contribution in [0.15, 0.2) is 54.6 Å². The highest BCUT2D eigenvalue weighted by atomic mass is 16.6. The molecule has 6 heteroatoms. The van der Waals surface area contributed by atoms with Crippen LogP contribution in [0.25, 0.3) is 22.2 Å². The van der Waals surface area contributed by atoms with Crippen LogP contribution in [0, 0.1) is 0 Å². The lowest BCUT2D eigenvalue weighted by atomic mass is 10.1. The molecule has 0 aliphatic rings. The molecule has 0 saturated carbocycles. The number of carbonyl (C=O) groups is 1. The molecule has 0 aliphatic heterocycles. The van der Waals surface area contributed by atoms with E-state index >= 15 is 0 Å². The van der Waals surface area contributed by atoms with E-state index in [1.165, 1.54) is 0 Å². The lowest BCUT2D eigenvalue weighted by Crippen LogP contribution is -2.35. The van der Waals surface area contributed by atoms with Gasteiger partial charge in [-0.25, -0.2) is 9.78 Å². The second kappa shape index (κ2) is 10.5. The molecule has 1 amide bonds. The van der Waals surface area contributed by atoms with E-state index in [0.717, 1.165) is 16.6 Å². The zero-order valence-electron chi connectivity index (χ0n) is 18.3. The third-order valence-electron chi connectivity index (χ3n) is 4.00. The van der Waals surface area contributed by atoms with Crippen molar-refractivity contribution >= 4 is 22.7 Å². The van der Waals surface area contributed by atoms with Crippen LogP contribution in [0.2, 0.25) is 0 Å². The van der Waals surface area contributed by atoms with Gasteiger partial charge < -0.3 is 20.5 Å². The van der Waals surface area contributed by atoms with E-state index in [-0.39, 0.29) is 5.75 Å². The summed E-state index contributed by atoms with van der Waals surface area (Å²) in [7, 11) is 0. The highest BCUT2D eigenvalue weighted by molar-refractivity contribution is 5.94. The van der Waals surface area contributed by atoms with Gasteiger partial charge in [0.2, 0.25) is 0 Å². The maximum Gasteiger partial charge on any atom is 0.407 e. The Morgan fingerprint density at radius 2 is 1.70 bits per heavy atom. The van der Waals surface area contributed by atoms with Crippen LogP contribution in [0.5, 0.6) is 5.75 Å². The zero-order valence-corrected chi connectivity index (χ0v) is 18.3. The molecule has 1 heterocycles. The summed E-state index contributed by atoms with van der Waals surface area (Å²) >= 11 is 0. The number of para-hydroxylation sites is 2. The number of anilines is 1. The SMILES string of the molecule is CC.CC(C)(C)OC(=O)NCCNc1cc(-c2ccccc2O)nc2ccccc12. The number of amides is 1. The Hall–Kier alpha value is -3.28. The zero-order chi connectivity index (χ0) is 22.1. The van der Waals surface area contributed by atoms with Gasteiger partial charge in [0.1, 0.15) is 11.4 Å². The number of aromatic hydroxyl groups is 1. The normalized spacial score (nSPS) is 10.7. The molecule has 6 nitrogen and oxygen atoms in total. The molecule has 3 rings (SSSR count). The van der Waals surface area contributed by atoms with Crippen molar-refractivity contribution < 1.29 is 14.6 Å². The number of pyridine rings is 1. The smallest absolute Gasteiger partial charge is 0.407 e. The second-order valence-corrected chi connectivity index (χ2v) is 7.44. The van der Waals surface area contributed by atoms with Crippen molar-refractivity contribution in [3.63, 3.8) is 0 Å². The van der Waals surface area contributed by atoms with Crippen LogP contribution in [0.1, 0.15) is 34.6 Å². The molecule has 2 aromatic carbocycles. The van der Waals surface area contributed by atoms with Gasteiger partial charge in [0.15, 0.2) is 0 Å². The average molecular weight is 410 g/mol. The highest BCUT2D eigenvalue weighted by Gasteiger charge is 2.15. The predicted molar refractivity (Wildman–Crippen MR) is 123 cm³/mol. The maximum atomic E-state index is 11.8. The van der Waals surface area contributed by atoms with Crippen molar-refractivity contribution in [3.05, 3.63) is 54.6 Å². The Bertz CT molecular complexity index is 981. The number of phenolic OH excluding ortho intramolecular Hbond substituents is 1. The molecule has 0 atom stereocenters. The second-order valence-electron chi connectivity index (χ2n) is 7.44. The summed E-state index contributed by atoms with van der Waals surface area (Å²) in [6, 6.07) is 16.8. The summed E-state index contributed by atoms with van der Waals surface area (Å²) < 4.78 is 5.23. The number of aromatic nitrogens is 1. The van der Waals surface area contributed by atoms with Crippen molar-refractivity contribution in [1.82, 2.24) is 10.3 Å². The Morgan fingerprint density at radius 1 is 1.03 bits per heavy atom. The molecule has 0 aliphatic carbocycles. The van der Waals surface area contributed by atoms with Gasteiger partial charge in [-0.2, -0.15) is 0 Å². The molecule has 30 heavy (non-hydrogen) atoms. The minimum atomic E-state index is -0.522. The first-order chi connectivity index (χ1) is 14.3. The monoisotopic (exact) mass is 409 g/mol. The number of hydrogen-bond acceptors (Lipinski definition) is 5. The fourth-order valence-corrected chi connectivity index (χ4v) is 2.83. The number of hydrogen-bond donors (Lipinski definition) is 3. The van der Waals surface area contributed by atoms with E-state index in [2.05, 4.69) is 15.6 Å². The molecule has 1 aromatic heterocycles. The molecule has 0 saturated heterocycles. The topological polar surface area (TPSA) is 83.5 Å². The van der Waals surface area contributed by atoms with Crippen molar-refractivity contribution in [2.24, 2.45) is 0 Å². The highest BCUT2D eigenvalue weighted by Crippen LogP contribution is 2.32. The number of nitrogens with zero attached hydrogens (tertiary/aromatic N) is 1. The van der Waals surface area contributed by atoms with E-state index in [4.69, 9.17) is 4.74 Å². The van der Waals surface area contributed by atoms with Gasteiger partial charge in [0.25, 0.3) is 0 Å². The van der Waals surface area contributed by atoms with Gasteiger partial charge in [-0.15, -0.1) is 0 Å². The molecule has 0 bridgehead atoms. The molecular formula is C24H31N3O3. The van der Waals surface area contributed by atoms with Crippen LogP contribution in [-0.4, -0.2) is 34.9 Å². The van der Waals surface area contributed by atoms with Crippen molar-refractivity contribution in [2.45, 2.75) is 40.2 Å². The van der Waals surface area contributed by atoms with Crippen molar-refractivity contribution in [1.29, 1.82) is 0 Å². The Labute approximate surface area is 178 Å². The first kappa shape index (κ1) is 23.0. The number of nitrogens with one attached hydrogen (secondary N) is 2. The summed E-state index contributed by atoms with van der Waals surface area (Å²) in [6.07, 6.45) is -0.441. The van der Waals surface area contributed by atoms with Crippen LogP contribution in [-0.2, 0) is 4.74 Å². The number of rotatable bonds is 5. The van der Waals surface area contributed by atoms with Crippen LogP contribution >= 0.6 is 0 Å². The van der Waals surface area contributed by atoms with Gasteiger partial charge in [0.05, 0.1) is 11.2 Å². The van der Waals surface area contributed by atoms with Gasteiger partial charge in [-0.1, -0.05) is 44.2 Å². The first-order valence-electron chi connectivity index (χ1n) is 10.2. The molecule has 160 valence electrons. The van der Waals surface area contributed by atoms with E-state index in [1.54, 1.807) is 12.1 Å². The third-order valence-corrected chi connectivity index (χ3v) is 4.00. The van der Waals surface area contributed by atoms with Gasteiger partial charge in [0, 0.05) is 29.7 Å². The van der Waals surface area contributed by atoms with Crippen molar-refractivity contribution in [2.75, 3.05) is 18.4 Å². The lowest BCUT2D eigenvalue weighted by molar-refractivity contribution is 0.0530. The van der Waals surface area contributed by atoms with E-state index < -0.39 is 11.7 Å². The standard InChI is InChI=1S/C22H25N3O3.C2H6/c1-22(2,3)28-21(27)24-13-12-23-18-14-19(16-9-5-7-11-20(16)26)25-17-10-6-4-8-15(17)18;1-2/h4-11,14,26H,12-13H2,1-3H3,(H,23,25)(H,24,27);1-2H3. The molecule has 3 aromatic rings. The molecular weight excluding hydrogens is 378 g/mol. The minimum Gasteiger partial charge on any atom is -0.507 e. The number of fused-ring (bicyclic) bond motifs is 1. The quantitative estimate of drug-likeness (QED) is 0.480. The predicted octanol–water partition coefficient (Wildman–Crippen LogP) is 5.57. The lowest BCUT2D eigenvalue weighted by Gasteiger charge is -2.20. The first-order valence-corrected chi connectivity index (χ1v) is 10.2. The van der Waals surface area contributed by atoms with E-state index in [1.807, 2.05) is 77.1 Å². The number of benzene rings is 2. The van der Waals surface area contributed by atoms with Crippen LogP contribution < -0.4 is 10.6 Å². The molecule has 3 N–H and O–H groups in total. The minimum absolute atomic E-state index is 0.183.